The number of amides is 1. The molecule has 1 aliphatic rings. The van der Waals surface area contributed by atoms with E-state index in [9.17, 15) is 13.6 Å². The van der Waals surface area contributed by atoms with Crippen LogP contribution in [0, 0.1) is 11.6 Å². The van der Waals surface area contributed by atoms with Gasteiger partial charge in [-0.05, 0) is 55.0 Å². The van der Waals surface area contributed by atoms with Crippen LogP contribution in [0.2, 0.25) is 0 Å². The second-order valence-electron chi connectivity index (χ2n) is 8.81. The van der Waals surface area contributed by atoms with Crippen LogP contribution in [0.25, 0.3) is 5.69 Å². The van der Waals surface area contributed by atoms with Crippen LogP contribution in [0.5, 0.6) is 11.6 Å². The highest BCUT2D eigenvalue weighted by Gasteiger charge is 2.29. The molecule has 1 unspecified atom stereocenters. The summed E-state index contributed by atoms with van der Waals surface area (Å²) in [6, 6.07) is 16.2. The zero-order valence-corrected chi connectivity index (χ0v) is 21.2. The Kier molecular flexibility index (Phi) is 7.62. The van der Waals surface area contributed by atoms with E-state index in [1.807, 2.05) is 48.7 Å². The van der Waals surface area contributed by atoms with Crippen molar-refractivity contribution >= 4 is 17.2 Å². The predicted octanol–water partition coefficient (Wildman–Crippen LogP) is 6.39. The van der Waals surface area contributed by atoms with E-state index in [0.29, 0.717) is 30.0 Å². The Balaban J connectivity index is 1.58. The fourth-order valence-electron chi connectivity index (χ4n) is 4.43. The van der Waals surface area contributed by atoms with Crippen molar-refractivity contribution in [3.63, 3.8) is 0 Å². The van der Waals surface area contributed by atoms with Crippen LogP contribution in [0.3, 0.4) is 0 Å². The summed E-state index contributed by atoms with van der Waals surface area (Å²) >= 11 is 1.38. The summed E-state index contributed by atoms with van der Waals surface area (Å²) in [4.78, 5) is 15.9. The number of benzene rings is 2. The summed E-state index contributed by atoms with van der Waals surface area (Å²) in [6.07, 6.45) is 2.34. The second kappa shape index (κ2) is 11.2. The Morgan fingerprint density at radius 3 is 2.70 bits per heavy atom. The molecule has 1 fully saturated rings. The van der Waals surface area contributed by atoms with Gasteiger partial charge in [-0.2, -0.15) is 5.10 Å². The standard InChI is InChI=1S/C28H27F2N3O3S/c1-2-24-22(18-32(17-21-10-6-14-35-21)27(34)26-11-7-15-37-26)28(33(31-24)20-8-4-3-5-9-20)36-25-13-12-19(29)16-23(25)30/h3-5,7-9,11-13,15-16,21H,2,6,10,14,17-18H2,1H3. The summed E-state index contributed by atoms with van der Waals surface area (Å²) < 4.78 is 41.8. The van der Waals surface area contributed by atoms with Gasteiger partial charge in [-0.15, -0.1) is 11.3 Å². The van der Waals surface area contributed by atoms with Gasteiger partial charge in [0.1, 0.15) is 5.82 Å². The maximum absolute atomic E-state index is 14.7. The van der Waals surface area contributed by atoms with Crippen LogP contribution in [-0.4, -0.2) is 39.8 Å². The molecule has 0 saturated carbocycles. The average molecular weight is 524 g/mol. The van der Waals surface area contributed by atoms with Gasteiger partial charge < -0.3 is 14.4 Å². The van der Waals surface area contributed by atoms with E-state index in [4.69, 9.17) is 14.6 Å². The Hall–Kier alpha value is -3.56. The van der Waals surface area contributed by atoms with Crippen LogP contribution in [0.1, 0.15) is 40.7 Å². The van der Waals surface area contributed by atoms with Gasteiger partial charge in [-0.3, -0.25) is 4.79 Å². The maximum atomic E-state index is 14.7. The molecule has 0 N–H and O–H groups in total. The second-order valence-corrected chi connectivity index (χ2v) is 9.75. The zero-order valence-electron chi connectivity index (χ0n) is 20.4. The number of para-hydroxylation sites is 1. The molecule has 0 spiro atoms. The number of ether oxygens (including phenoxy) is 2. The van der Waals surface area contributed by atoms with Crippen molar-refractivity contribution in [1.29, 1.82) is 0 Å². The SMILES string of the molecule is CCc1nn(-c2ccccc2)c(Oc2ccc(F)cc2F)c1CN(CC1CCCO1)C(=O)c1cccs1. The van der Waals surface area contributed by atoms with Gasteiger partial charge in [0.25, 0.3) is 5.91 Å². The first-order valence-corrected chi connectivity index (χ1v) is 13.1. The molecular weight excluding hydrogens is 496 g/mol. The highest BCUT2D eigenvalue weighted by atomic mass is 32.1. The Morgan fingerprint density at radius 2 is 2.03 bits per heavy atom. The molecule has 9 heteroatoms. The molecule has 2 aromatic heterocycles. The molecule has 5 rings (SSSR count). The summed E-state index contributed by atoms with van der Waals surface area (Å²) in [7, 11) is 0. The van der Waals surface area contributed by atoms with E-state index >= 15 is 0 Å². The van der Waals surface area contributed by atoms with Crippen molar-refractivity contribution < 1.29 is 23.0 Å². The number of aryl methyl sites for hydroxylation is 1. The van der Waals surface area contributed by atoms with Gasteiger partial charge in [-0.25, -0.2) is 13.5 Å². The van der Waals surface area contributed by atoms with Crippen molar-refractivity contribution in [3.8, 4) is 17.3 Å². The van der Waals surface area contributed by atoms with E-state index < -0.39 is 11.6 Å². The predicted molar refractivity (Wildman–Crippen MR) is 137 cm³/mol. The first-order valence-electron chi connectivity index (χ1n) is 12.3. The van der Waals surface area contributed by atoms with Crippen molar-refractivity contribution in [2.24, 2.45) is 0 Å². The van der Waals surface area contributed by atoms with Gasteiger partial charge in [0, 0.05) is 19.2 Å². The zero-order chi connectivity index (χ0) is 25.8. The fourth-order valence-corrected chi connectivity index (χ4v) is 5.12. The molecule has 1 atom stereocenters. The average Bonchev–Trinajstić information content (AvgIpc) is 3.68. The molecule has 0 bridgehead atoms. The topological polar surface area (TPSA) is 56.6 Å². The summed E-state index contributed by atoms with van der Waals surface area (Å²) in [5.41, 5.74) is 2.10. The molecular formula is C28H27F2N3O3S. The lowest BCUT2D eigenvalue weighted by atomic mass is 10.1. The quantitative estimate of drug-likeness (QED) is 0.255. The number of carbonyl (C=O) groups is 1. The lowest BCUT2D eigenvalue weighted by molar-refractivity contribution is 0.0509. The minimum absolute atomic E-state index is 0.0583. The molecule has 0 aliphatic carbocycles. The van der Waals surface area contributed by atoms with Crippen LogP contribution in [0.15, 0.2) is 66.0 Å². The van der Waals surface area contributed by atoms with Gasteiger partial charge >= 0.3 is 0 Å². The third-order valence-corrected chi connectivity index (χ3v) is 7.13. The summed E-state index contributed by atoms with van der Waals surface area (Å²) in [5, 5.41) is 6.65. The number of hydrogen-bond donors (Lipinski definition) is 0. The number of rotatable bonds is 9. The lowest BCUT2D eigenvalue weighted by Crippen LogP contribution is -2.36. The molecule has 1 saturated heterocycles. The number of halogens is 2. The Labute approximate surface area is 218 Å². The molecule has 192 valence electrons. The third-order valence-electron chi connectivity index (χ3n) is 6.27. The van der Waals surface area contributed by atoms with E-state index in [2.05, 4.69) is 0 Å². The maximum Gasteiger partial charge on any atom is 0.264 e. The smallest absolute Gasteiger partial charge is 0.264 e. The number of hydrogen-bond acceptors (Lipinski definition) is 5. The largest absolute Gasteiger partial charge is 0.435 e. The van der Waals surface area contributed by atoms with Gasteiger partial charge in [0.05, 0.1) is 34.5 Å². The highest BCUT2D eigenvalue weighted by molar-refractivity contribution is 7.12. The van der Waals surface area contributed by atoms with Crippen LogP contribution >= 0.6 is 11.3 Å². The van der Waals surface area contributed by atoms with Crippen molar-refractivity contribution in [2.75, 3.05) is 13.2 Å². The van der Waals surface area contributed by atoms with E-state index in [1.54, 1.807) is 15.6 Å². The van der Waals surface area contributed by atoms with Gasteiger partial charge in [0.15, 0.2) is 11.6 Å². The van der Waals surface area contributed by atoms with E-state index in [-0.39, 0.29) is 30.2 Å². The molecule has 3 heterocycles. The monoisotopic (exact) mass is 523 g/mol. The minimum Gasteiger partial charge on any atom is -0.435 e. The van der Waals surface area contributed by atoms with Crippen LogP contribution in [0.4, 0.5) is 8.78 Å². The van der Waals surface area contributed by atoms with Crippen molar-refractivity contribution in [3.05, 3.63) is 93.8 Å². The summed E-state index contributed by atoms with van der Waals surface area (Å²) in [6.45, 7) is 3.26. The Morgan fingerprint density at radius 1 is 1.19 bits per heavy atom. The number of carbonyl (C=O) groups excluding carboxylic acids is 1. The molecule has 1 amide bonds. The van der Waals surface area contributed by atoms with E-state index in [1.165, 1.54) is 17.4 Å². The van der Waals surface area contributed by atoms with Crippen LogP contribution < -0.4 is 4.74 Å². The first-order chi connectivity index (χ1) is 18.0. The minimum atomic E-state index is -0.823. The number of aromatic nitrogens is 2. The van der Waals surface area contributed by atoms with Crippen molar-refractivity contribution in [1.82, 2.24) is 14.7 Å². The molecule has 6 nitrogen and oxygen atoms in total. The van der Waals surface area contributed by atoms with Crippen LogP contribution in [-0.2, 0) is 17.7 Å². The normalized spacial score (nSPS) is 15.2. The molecule has 37 heavy (non-hydrogen) atoms. The molecule has 2 aromatic carbocycles. The summed E-state index contributed by atoms with van der Waals surface area (Å²) in [5.74, 6) is -1.47. The van der Waals surface area contributed by atoms with E-state index in [0.717, 1.165) is 36.4 Å². The van der Waals surface area contributed by atoms with Crippen molar-refractivity contribution in [2.45, 2.75) is 38.8 Å². The molecule has 0 radical (unpaired) electrons. The third kappa shape index (κ3) is 5.57. The first kappa shape index (κ1) is 25.1. The van der Waals surface area contributed by atoms with Gasteiger partial charge in [0.2, 0.25) is 5.88 Å². The lowest BCUT2D eigenvalue weighted by Gasteiger charge is -2.25. The Bertz CT molecular complexity index is 1350. The molecule has 1 aliphatic heterocycles. The number of thiophene rings is 1. The molecule has 4 aromatic rings. The van der Waals surface area contributed by atoms with Gasteiger partial charge in [-0.1, -0.05) is 31.2 Å². The fraction of sp³-hybridized carbons (Fsp3) is 0.286. The number of nitrogens with zero attached hydrogens (tertiary/aromatic N) is 3. The highest BCUT2D eigenvalue weighted by Crippen LogP contribution is 2.34.